The zero-order valence-electron chi connectivity index (χ0n) is 13.3. The van der Waals surface area contributed by atoms with Gasteiger partial charge in [-0.3, -0.25) is 4.79 Å². The Labute approximate surface area is 139 Å². The minimum absolute atomic E-state index is 0.221. The van der Waals surface area contributed by atoms with Gasteiger partial charge in [-0.15, -0.1) is 0 Å². The van der Waals surface area contributed by atoms with Gasteiger partial charge < -0.3 is 15.4 Å². The van der Waals surface area contributed by atoms with Gasteiger partial charge in [0.05, 0.1) is 17.9 Å². The average molecular weight is 326 g/mol. The van der Waals surface area contributed by atoms with E-state index in [-0.39, 0.29) is 23.6 Å². The van der Waals surface area contributed by atoms with Gasteiger partial charge >= 0.3 is 5.97 Å². The summed E-state index contributed by atoms with van der Waals surface area (Å²) in [7, 11) is 0. The summed E-state index contributed by atoms with van der Waals surface area (Å²) in [5.41, 5.74) is 1.19. The third-order valence-electron chi connectivity index (χ3n) is 3.47. The molecule has 0 aliphatic heterocycles. The highest BCUT2D eigenvalue weighted by atomic mass is 16.5. The van der Waals surface area contributed by atoms with Crippen molar-refractivity contribution in [1.82, 2.24) is 15.3 Å². The molecule has 0 atom stereocenters. The number of benzene rings is 1. The maximum Gasteiger partial charge on any atom is 0.340 e. The van der Waals surface area contributed by atoms with Crippen LogP contribution in [0, 0.1) is 0 Å². The molecule has 0 saturated heterocycles. The molecule has 124 valence electrons. The number of nitrogens with one attached hydrogen (secondary N) is 2. The molecule has 24 heavy (non-hydrogen) atoms. The maximum absolute atomic E-state index is 12.1. The number of hydrogen-bond donors (Lipinski definition) is 2. The smallest absolute Gasteiger partial charge is 0.340 e. The van der Waals surface area contributed by atoms with Crippen molar-refractivity contribution in [1.29, 1.82) is 0 Å². The number of carbonyl (C=O) groups is 2. The molecule has 1 amide bonds. The van der Waals surface area contributed by atoms with E-state index in [0.29, 0.717) is 17.9 Å². The van der Waals surface area contributed by atoms with Crippen molar-refractivity contribution >= 4 is 23.5 Å². The number of para-hydroxylation sites is 1. The normalized spacial score (nSPS) is 13.2. The van der Waals surface area contributed by atoms with E-state index in [9.17, 15) is 9.59 Å². The third kappa shape index (κ3) is 3.87. The summed E-state index contributed by atoms with van der Waals surface area (Å²) >= 11 is 0. The van der Waals surface area contributed by atoms with Crippen molar-refractivity contribution in [2.24, 2.45) is 0 Å². The molecule has 0 unspecified atom stereocenters. The van der Waals surface area contributed by atoms with E-state index in [1.54, 1.807) is 37.3 Å². The van der Waals surface area contributed by atoms with Gasteiger partial charge in [0.15, 0.2) is 0 Å². The number of ether oxygens (including phenoxy) is 1. The Hall–Kier alpha value is -2.96. The van der Waals surface area contributed by atoms with Crippen molar-refractivity contribution in [2.45, 2.75) is 25.8 Å². The van der Waals surface area contributed by atoms with Crippen LogP contribution in [0.2, 0.25) is 0 Å². The average Bonchev–Trinajstić information content (AvgIpc) is 3.40. The predicted octanol–water partition coefficient (Wildman–Crippen LogP) is 2.29. The molecule has 2 aromatic rings. The number of hydrogen-bond acceptors (Lipinski definition) is 6. The van der Waals surface area contributed by atoms with Crippen LogP contribution < -0.4 is 10.6 Å². The maximum atomic E-state index is 12.1. The molecular formula is C17H18N4O3. The summed E-state index contributed by atoms with van der Waals surface area (Å²) in [6, 6.07) is 8.73. The molecule has 1 aromatic heterocycles. The topological polar surface area (TPSA) is 93.2 Å². The van der Waals surface area contributed by atoms with E-state index in [4.69, 9.17) is 4.74 Å². The highest BCUT2D eigenvalue weighted by Gasteiger charge is 2.24. The zero-order valence-corrected chi connectivity index (χ0v) is 13.3. The number of anilines is 2. The van der Waals surface area contributed by atoms with Crippen molar-refractivity contribution in [3.8, 4) is 0 Å². The molecule has 3 rings (SSSR count). The van der Waals surface area contributed by atoms with E-state index in [2.05, 4.69) is 20.6 Å². The van der Waals surface area contributed by atoms with Gasteiger partial charge in [-0.25, -0.2) is 14.8 Å². The molecule has 1 saturated carbocycles. The van der Waals surface area contributed by atoms with Crippen LogP contribution in [0.4, 0.5) is 11.6 Å². The number of carbonyl (C=O) groups excluding carboxylic acids is 2. The second-order valence-electron chi connectivity index (χ2n) is 5.40. The first-order valence-corrected chi connectivity index (χ1v) is 7.84. The Balaban J connectivity index is 1.78. The van der Waals surface area contributed by atoms with Crippen LogP contribution in [-0.2, 0) is 4.74 Å². The van der Waals surface area contributed by atoms with Gasteiger partial charge in [0.2, 0.25) is 5.95 Å². The lowest BCUT2D eigenvalue weighted by Crippen LogP contribution is -2.26. The first-order chi connectivity index (χ1) is 11.7. The molecule has 1 heterocycles. The minimum atomic E-state index is -0.428. The second kappa shape index (κ2) is 7.08. The third-order valence-corrected chi connectivity index (χ3v) is 3.47. The molecule has 2 N–H and O–H groups in total. The zero-order chi connectivity index (χ0) is 16.9. The standard InChI is InChI=1S/C17H18N4O3/c1-2-24-16(23)12-5-3-4-6-13(12)20-17-18-10-9-14(21-17)15(22)19-11-7-8-11/h3-6,9-11H,2,7-8H2,1H3,(H,19,22)(H,18,20,21). The summed E-state index contributed by atoms with van der Waals surface area (Å²) in [5.74, 6) is -0.403. The van der Waals surface area contributed by atoms with Gasteiger partial charge in [0.25, 0.3) is 5.91 Å². The van der Waals surface area contributed by atoms with Crippen molar-refractivity contribution in [2.75, 3.05) is 11.9 Å². The number of rotatable bonds is 6. The lowest BCUT2D eigenvalue weighted by atomic mass is 10.2. The minimum Gasteiger partial charge on any atom is -0.462 e. The number of esters is 1. The van der Waals surface area contributed by atoms with E-state index >= 15 is 0 Å². The molecule has 1 aromatic carbocycles. The number of aromatic nitrogens is 2. The summed E-state index contributed by atoms with van der Waals surface area (Å²) in [4.78, 5) is 32.4. The summed E-state index contributed by atoms with van der Waals surface area (Å²) in [6.45, 7) is 2.04. The first kappa shape index (κ1) is 15.9. The quantitative estimate of drug-likeness (QED) is 0.791. The Bertz CT molecular complexity index is 759. The van der Waals surface area contributed by atoms with E-state index in [0.717, 1.165) is 12.8 Å². The van der Waals surface area contributed by atoms with Crippen LogP contribution in [0.25, 0.3) is 0 Å². The molecule has 1 aliphatic rings. The van der Waals surface area contributed by atoms with E-state index < -0.39 is 5.97 Å². The first-order valence-electron chi connectivity index (χ1n) is 7.84. The van der Waals surface area contributed by atoms with Gasteiger partial charge in [0.1, 0.15) is 5.69 Å². The second-order valence-corrected chi connectivity index (χ2v) is 5.40. The van der Waals surface area contributed by atoms with Crippen molar-refractivity contribution < 1.29 is 14.3 Å². The van der Waals surface area contributed by atoms with Gasteiger partial charge in [-0.05, 0) is 38.0 Å². The van der Waals surface area contributed by atoms with Gasteiger partial charge in [0, 0.05) is 12.2 Å². The predicted molar refractivity (Wildman–Crippen MR) is 88.2 cm³/mol. The van der Waals surface area contributed by atoms with Crippen molar-refractivity contribution in [3.05, 3.63) is 47.8 Å². The fourth-order valence-corrected chi connectivity index (χ4v) is 2.13. The van der Waals surface area contributed by atoms with Gasteiger partial charge in [-0.1, -0.05) is 12.1 Å². The van der Waals surface area contributed by atoms with Crippen LogP contribution in [0.3, 0.4) is 0 Å². The number of amides is 1. The van der Waals surface area contributed by atoms with Crippen LogP contribution in [0.1, 0.15) is 40.6 Å². The summed E-state index contributed by atoms with van der Waals surface area (Å²) < 4.78 is 5.04. The Morgan fingerprint density at radius 2 is 2.04 bits per heavy atom. The molecule has 1 fully saturated rings. The fourth-order valence-electron chi connectivity index (χ4n) is 2.13. The SMILES string of the molecule is CCOC(=O)c1ccccc1Nc1nccc(C(=O)NC2CC2)n1. The van der Waals surface area contributed by atoms with E-state index in [1.807, 2.05) is 0 Å². The molecule has 7 nitrogen and oxygen atoms in total. The molecule has 0 radical (unpaired) electrons. The highest BCUT2D eigenvalue weighted by Crippen LogP contribution is 2.21. The lowest BCUT2D eigenvalue weighted by Gasteiger charge is -2.10. The lowest BCUT2D eigenvalue weighted by molar-refractivity contribution is 0.0527. The number of nitrogens with zero attached hydrogens (tertiary/aromatic N) is 2. The van der Waals surface area contributed by atoms with Crippen LogP contribution >= 0.6 is 0 Å². The van der Waals surface area contributed by atoms with E-state index in [1.165, 1.54) is 6.20 Å². The summed E-state index contributed by atoms with van der Waals surface area (Å²) in [6.07, 6.45) is 3.52. The fraction of sp³-hybridized carbons (Fsp3) is 0.294. The molecule has 0 bridgehead atoms. The Morgan fingerprint density at radius 3 is 2.79 bits per heavy atom. The Kier molecular flexibility index (Phi) is 4.69. The summed E-state index contributed by atoms with van der Waals surface area (Å²) in [5, 5.41) is 5.85. The van der Waals surface area contributed by atoms with Crippen LogP contribution in [0.15, 0.2) is 36.5 Å². The molecule has 0 spiro atoms. The molecular weight excluding hydrogens is 308 g/mol. The molecule has 1 aliphatic carbocycles. The van der Waals surface area contributed by atoms with Crippen LogP contribution in [0.5, 0.6) is 0 Å². The molecule has 7 heteroatoms. The van der Waals surface area contributed by atoms with Crippen LogP contribution in [-0.4, -0.2) is 34.5 Å². The monoisotopic (exact) mass is 326 g/mol. The largest absolute Gasteiger partial charge is 0.462 e. The van der Waals surface area contributed by atoms with Gasteiger partial charge in [-0.2, -0.15) is 0 Å². The Morgan fingerprint density at radius 1 is 1.25 bits per heavy atom. The van der Waals surface area contributed by atoms with Crippen molar-refractivity contribution in [3.63, 3.8) is 0 Å². The highest BCUT2D eigenvalue weighted by molar-refractivity contribution is 5.96.